The van der Waals surface area contributed by atoms with Gasteiger partial charge in [-0.15, -0.1) is 0 Å². The van der Waals surface area contributed by atoms with Crippen LogP contribution in [0.1, 0.15) is 75.5 Å². The normalized spacial score (nSPS) is 11.8. The number of nitrogens with zero attached hydrogens (tertiary/aromatic N) is 3. The molecule has 1 heterocycles. The van der Waals surface area contributed by atoms with Crippen molar-refractivity contribution in [1.82, 2.24) is 20.2 Å². The lowest BCUT2D eigenvalue weighted by Gasteiger charge is -2.22. The van der Waals surface area contributed by atoms with E-state index in [2.05, 4.69) is 22.2 Å². The van der Waals surface area contributed by atoms with Gasteiger partial charge in [-0.05, 0) is 26.7 Å². The minimum atomic E-state index is -0.152. The number of rotatable bonds is 11. The van der Waals surface area contributed by atoms with Gasteiger partial charge in [-0.25, -0.2) is 4.98 Å². The van der Waals surface area contributed by atoms with Crippen molar-refractivity contribution < 1.29 is 9.59 Å². The van der Waals surface area contributed by atoms with Gasteiger partial charge in [-0.1, -0.05) is 33.1 Å². The average Bonchev–Trinajstić information content (AvgIpc) is 2.61. The number of carbonyl (C=O) groups excluding carboxylic acids is 2. The Morgan fingerprint density at radius 2 is 1.88 bits per heavy atom. The second-order valence-electron chi connectivity index (χ2n) is 6.52. The summed E-state index contributed by atoms with van der Waals surface area (Å²) in [5, 5.41) is 2.94. The zero-order valence-corrected chi connectivity index (χ0v) is 16.0. The van der Waals surface area contributed by atoms with E-state index in [1.54, 1.807) is 11.1 Å². The zero-order valence-electron chi connectivity index (χ0n) is 16.0. The third-order valence-corrected chi connectivity index (χ3v) is 4.20. The third-order valence-electron chi connectivity index (χ3n) is 4.20. The molecule has 1 rings (SSSR count). The number of hydrogen-bond acceptors (Lipinski definition) is 4. The molecule has 140 valence electrons. The quantitative estimate of drug-likeness (QED) is 0.624. The maximum atomic E-state index is 12.7. The number of hydrogen-bond donors (Lipinski definition) is 1. The maximum absolute atomic E-state index is 12.7. The molecule has 0 radical (unpaired) electrons. The van der Waals surface area contributed by atoms with E-state index >= 15 is 0 Å². The standard InChI is InChI=1S/C19H32N4O2/c1-5-7-8-9-11-23(12-10-18(24)22-15(3)6-2)19(25)17-14-20-16(4)13-21-17/h13-15H,5-12H2,1-4H3,(H,22,24)/t15-/m1/s1. The minimum Gasteiger partial charge on any atom is -0.354 e. The molecular weight excluding hydrogens is 316 g/mol. The largest absolute Gasteiger partial charge is 0.354 e. The van der Waals surface area contributed by atoms with Gasteiger partial charge in [-0.2, -0.15) is 0 Å². The molecule has 0 saturated carbocycles. The molecule has 0 aliphatic rings. The minimum absolute atomic E-state index is 0.0179. The van der Waals surface area contributed by atoms with E-state index in [0.717, 1.165) is 37.8 Å². The van der Waals surface area contributed by atoms with E-state index in [4.69, 9.17) is 0 Å². The Morgan fingerprint density at radius 3 is 2.48 bits per heavy atom. The van der Waals surface area contributed by atoms with E-state index in [9.17, 15) is 9.59 Å². The topological polar surface area (TPSA) is 75.2 Å². The Morgan fingerprint density at radius 1 is 1.12 bits per heavy atom. The smallest absolute Gasteiger partial charge is 0.274 e. The molecule has 0 aliphatic carbocycles. The van der Waals surface area contributed by atoms with E-state index < -0.39 is 0 Å². The molecule has 0 aromatic carbocycles. The summed E-state index contributed by atoms with van der Waals surface area (Å²) in [5.41, 5.74) is 1.11. The molecule has 2 amide bonds. The van der Waals surface area contributed by atoms with Crippen LogP contribution in [0.4, 0.5) is 0 Å². The highest BCUT2D eigenvalue weighted by molar-refractivity contribution is 5.92. The van der Waals surface area contributed by atoms with Crippen LogP contribution in [-0.4, -0.2) is 45.8 Å². The molecule has 6 nitrogen and oxygen atoms in total. The summed E-state index contributed by atoms with van der Waals surface area (Å²) >= 11 is 0. The molecule has 1 aromatic rings. The summed E-state index contributed by atoms with van der Waals surface area (Å²) in [6.45, 7) is 9.05. The second-order valence-corrected chi connectivity index (χ2v) is 6.52. The van der Waals surface area contributed by atoms with Gasteiger partial charge in [-0.3, -0.25) is 14.6 Å². The fourth-order valence-corrected chi connectivity index (χ4v) is 2.39. The van der Waals surface area contributed by atoms with Gasteiger partial charge in [0.05, 0.1) is 11.9 Å². The SMILES string of the molecule is CCCCCCN(CCC(=O)N[C@H](C)CC)C(=O)c1cnc(C)cn1. The molecule has 0 saturated heterocycles. The number of aryl methyl sites for hydroxylation is 1. The molecule has 1 N–H and O–H groups in total. The van der Waals surface area contributed by atoms with Crippen LogP contribution < -0.4 is 5.32 Å². The molecule has 25 heavy (non-hydrogen) atoms. The Balaban J connectivity index is 2.66. The van der Waals surface area contributed by atoms with E-state index in [1.165, 1.54) is 6.20 Å². The summed E-state index contributed by atoms with van der Waals surface area (Å²) in [6.07, 6.45) is 8.63. The van der Waals surface area contributed by atoms with E-state index in [-0.39, 0.29) is 17.9 Å². The summed E-state index contributed by atoms with van der Waals surface area (Å²) < 4.78 is 0. The lowest BCUT2D eigenvalue weighted by Crippen LogP contribution is -2.38. The van der Waals surface area contributed by atoms with Gasteiger partial charge in [0.2, 0.25) is 5.91 Å². The zero-order chi connectivity index (χ0) is 18.7. The number of amides is 2. The Hall–Kier alpha value is -1.98. The lowest BCUT2D eigenvalue weighted by atomic mass is 10.2. The molecule has 0 spiro atoms. The molecule has 0 aliphatic heterocycles. The van der Waals surface area contributed by atoms with Crippen LogP contribution in [-0.2, 0) is 4.79 Å². The highest BCUT2D eigenvalue weighted by atomic mass is 16.2. The van der Waals surface area contributed by atoms with Crippen molar-refractivity contribution in [2.24, 2.45) is 0 Å². The molecule has 0 bridgehead atoms. The first-order valence-corrected chi connectivity index (χ1v) is 9.35. The molecular formula is C19H32N4O2. The van der Waals surface area contributed by atoms with Gasteiger partial charge < -0.3 is 10.2 Å². The van der Waals surface area contributed by atoms with Gasteiger partial charge >= 0.3 is 0 Å². The van der Waals surface area contributed by atoms with Crippen molar-refractivity contribution in [2.45, 2.75) is 72.3 Å². The van der Waals surface area contributed by atoms with Crippen LogP contribution in [0.3, 0.4) is 0 Å². The molecule has 1 aromatic heterocycles. The number of unbranched alkanes of at least 4 members (excludes halogenated alkanes) is 3. The molecule has 1 atom stereocenters. The van der Waals surface area contributed by atoms with Crippen molar-refractivity contribution in [2.75, 3.05) is 13.1 Å². The Kier molecular flexibility index (Phi) is 9.73. The van der Waals surface area contributed by atoms with Gasteiger partial charge in [0, 0.05) is 31.7 Å². The first kappa shape index (κ1) is 21.1. The summed E-state index contributed by atoms with van der Waals surface area (Å²) in [7, 11) is 0. The predicted octanol–water partition coefficient (Wildman–Crippen LogP) is 3.11. The Labute approximate surface area is 151 Å². The van der Waals surface area contributed by atoms with Gasteiger partial charge in [0.15, 0.2) is 0 Å². The van der Waals surface area contributed by atoms with Crippen molar-refractivity contribution in [3.63, 3.8) is 0 Å². The fraction of sp³-hybridized carbons (Fsp3) is 0.684. The number of carbonyl (C=O) groups is 2. The fourth-order valence-electron chi connectivity index (χ4n) is 2.39. The number of nitrogens with one attached hydrogen (secondary N) is 1. The van der Waals surface area contributed by atoms with Crippen LogP contribution >= 0.6 is 0 Å². The first-order valence-electron chi connectivity index (χ1n) is 9.35. The van der Waals surface area contributed by atoms with Crippen molar-refractivity contribution in [1.29, 1.82) is 0 Å². The van der Waals surface area contributed by atoms with Crippen molar-refractivity contribution in [3.8, 4) is 0 Å². The predicted molar refractivity (Wildman–Crippen MR) is 99.3 cm³/mol. The highest BCUT2D eigenvalue weighted by Gasteiger charge is 2.18. The van der Waals surface area contributed by atoms with Crippen molar-refractivity contribution in [3.05, 3.63) is 23.8 Å². The molecule has 0 unspecified atom stereocenters. The van der Waals surface area contributed by atoms with Crippen LogP contribution in [0.5, 0.6) is 0 Å². The van der Waals surface area contributed by atoms with Crippen LogP contribution in [0.25, 0.3) is 0 Å². The van der Waals surface area contributed by atoms with Crippen molar-refractivity contribution >= 4 is 11.8 Å². The summed E-state index contributed by atoms with van der Waals surface area (Å²) in [5.74, 6) is -0.170. The van der Waals surface area contributed by atoms with Crippen LogP contribution in [0.2, 0.25) is 0 Å². The Bertz CT molecular complexity index is 531. The summed E-state index contributed by atoms with van der Waals surface area (Å²) in [4.78, 5) is 34.8. The van der Waals surface area contributed by atoms with Crippen LogP contribution in [0.15, 0.2) is 12.4 Å². The average molecular weight is 348 g/mol. The van der Waals surface area contributed by atoms with Gasteiger partial charge in [0.25, 0.3) is 5.91 Å². The lowest BCUT2D eigenvalue weighted by molar-refractivity contribution is -0.121. The molecule has 0 fully saturated rings. The van der Waals surface area contributed by atoms with E-state index in [0.29, 0.717) is 25.2 Å². The monoisotopic (exact) mass is 348 g/mol. The molecule has 6 heteroatoms. The van der Waals surface area contributed by atoms with Crippen LogP contribution in [0, 0.1) is 6.92 Å². The highest BCUT2D eigenvalue weighted by Crippen LogP contribution is 2.07. The second kappa shape index (κ2) is 11.6. The third kappa shape index (κ3) is 8.09. The van der Waals surface area contributed by atoms with Gasteiger partial charge in [0.1, 0.15) is 5.69 Å². The number of aromatic nitrogens is 2. The maximum Gasteiger partial charge on any atom is 0.274 e. The summed E-state index contributed by atoms with van der Waals surface area (Å²) in [6, 6.07) is 0.157. The van der Waals surface area contributed by atoms with E-state index in [1.807, 2.05) is 20.8 Å². The first-order chi connectivity index (χ1) is 12.0.